The number of methoxy groups -OCH3 is 1. The van der Waals surface area contributed by atoms with Gasteiger partial charge in [-0.15, -0.1) is 11.3 Å². The van der Waals surface area contributed by atoms with Gasteiger partial charge in [0.1, 0.15) is 11.0 Å². The van der Waals surface area contributed by atoms with Crippen molar-refractivity contribution in [3.8, 4) is 5.88 Å². The fraction of sp³-hybridized carbons (Fsp3) is 0.190. The highest BCUT2D eigenvalue weighted by molar-refractivity contribution is 7.20. The molecule has 0 saturated heterocycles. The maximum Gasteiger partial charge on any atom is 0.363 e. The first kappa shape index (κ1) is 22.8. The molecule has 0 aromatic carbocycles. The van der Waals surface area contributed by atoms with E-state index in [1.54, 1.807) is 18.3 Å². The molecule has 1 amide bonds. The van der Waals surface area contributed by atoms with Crippen LogP contribution in [0.2, 0.25) is 0 Å². The molecule has 0 saturated carbocycles. The van der Waals surface area contributed by atoms with Gasteiger partial charge in [0.25, 0.3) is 11.5 Å². The van der Waals surface area contributed by atoms with Crippen LogP contribution >= 0.6 is 11.3 Å². The lowest BCUT2D eigenvalue weighted by Crippen LogP contribution is -2.38. The number of aryl methyl sites for hydroxylation is 1. The van der Waals surface area contributed by atoms with E-state index in [1.807, 2.05) is 0 Å². The van der Waals surface area contributed by atoms with E-state index in [-0.39, 0.29) is 29.2 Å². The summed E-state index contributed by atoms with van der Waals surface area (Å²) in [6.45, 7) is 0.107. The van der Waals surface area contributed by atoms with E-state index in [4.69, 9.17) is 4.74 Å². The van der Waals surface area contributed by atoms with E-state index in [9.17, 15) is 24.5 Å². The highest BCUT2D eigenvalue weighted by Gasteiger charge is 2.18. The standard InChI is InChI=1S/C21H18N6O6S/c1-25-20-14(8-15(34-20)18(28)24-9-12-5-6-22-17(7-12)33-2)19(29)26(21(25)30)11-13-3-4-16(23-10-13)27(31)32/h3-8,10H,9,11H2,1-2H3,(H,24,28). The van der Waals surface area contributed by atoms with Crippen molar-refractivity contribution in [2.75, 3.05) is 7.11 Å². The Balaban J connectivity index is 1.61. The minimum atomic E-state index is -0.635. The van der Waals surface area contributed by atoms with Crippen molar-refractivity contribution in [1.29, 1.82) is 0 Å². The first-order chi connectivity index (χ1) is 16.3. The average Bonchev–Trinajstić information content (AvgIpc) is 3.30. The third kappa shape index (κ3) is 4.41. The molecule has 4 aromatic rings. The normalized spacial score (nSPS) is 10.9. The Morgan fingerprint density at radius 2 is 2.00 bits per heavy atom. The molecule has 174 valence electrons. The number of nitro groups is 1. The largest absolute Gasteiger partial charge is 0.481 e. The van der Waals surface area contributed by atoms with Crippen molar-refractivity contribution in [2.45, 2.75) is 13.1 Å². The van der Waals surface area contributed by atoms with Gasteiger partial charge in [0.05, 0.1) is 23.9 Å². The molecule has 0 aliphatic rings. The van der Waals surface area contributed by atoms with Crippen molar-refractivity contribution in [2.24, 2.45) is 7.05 Å². The molecule has 4 heterocycles. The van der Waals surface area contributed by atoms with Crippen LogP contribution in [0.1, 0.15) is 20.8 Å². The van der Waals surface area contributed by atoms with Crippen LogP contribution in [0.5, 0.6) is 5.88 Å². The van der Waals surface area contributed by atoms with Crippen molar-refractivity contribution in [1.82, 2.24) is 24.4 Å². The minimum absolute atomic E-state index is 0.117. The summed E-state index contributed by atoms with van der Waals surface area (Å²) >= 11 is 1.04. The molecule has 13 heteroatoms. The van der Waals surface area contributed by atoms with Gasteiger partial charge in [-0.3, -0.25) is 18.7 Å². The first-order valence-corrected chi connectivity index (χ1v) is 10.7. The Kier molecular flexibility index (Phi) is 6.19. The average molecular weight is 482 g/mol. The summed E-state index contributed by atoms with van der Waals surface area (Å²) in [6, 6.07) is 7.52. The molecule has 34 heavy (non-hydrogen) atoms. The zero-order valence-corrected chi connectivity index (χ0v) is 18.9. The summed E-state index contributed by atoms with van der Waals surface area (Å²) in [5.74, 6) is -0.305. The first-order valence-electron chi connectivity index (χ1n) is 9.88. The van der Waals surface area contributed by atoms with Crippen molar-refractivity contribution < 1.29 is 14.5 Å². The second-order valence-electron chi connectivity index (χ2n) is 7.23. The number of rotatable bonds is 7. The van der Waals surface area contributed by atoms with Gasteiger partial charge in [-0.2, -0.15) is 0 Å². The fourth-order valence-corrected chi connectivity index (χ4v) is 4.30. The Morgan fingerprint density at radius 1 is 1.21 bits per heavy atom. The monoisotopic (exact) mass is 482 g/mol. The summed E-state index contributed by atoms with van der Waals surface area (Å²) in [4.78, 5) is 57.1. The van der Waals surface area contributed by atoms with Crippen LogP contribution in [0.15, 0.2) is 52.3 Å². The summed E-state index contributed by atoms with van der Waals surface area (Å²) in [6.07, 6.45) is 2.81. The third-order valence-electron chi connectivity index (χ3n) is 5.03. The number of fused-ring (bicyclic) bond motifs is 1. The van der Waals surface area contributed by atoms with E-state index < -0.39 is 22.1 Å². The van der Waals surface area contributed by atoms with E-state index in [2.05, 4.69) is 15.3 Å². The van der Waals surface area contributed by atoms with Crippen molar-refractivity contribution >= 4 is 33.3 Å². The second-order valence-corrected chi connectivity index (χ2v) is 8.26. The lowest BCUT2D eigenvalue weighted by atomic mass is 10.2. The number of hydrogen-bond acceptors (Lipinski definition) is 9. The molecule has 1 N–H and O–H groups in total. The summed E-state index contributed by atoms with van der Waals surface area (Å²) < 4.78 is 7.37. The van der Waals surface area contributed by atoms with Gasteiger partial charge >= 0.3 is 11.5 Å². The van der Waals surface area contributed by atoms with E-state index in [1.165, 1.54) is 43.1 Å². The third-order valence-corrected chi connectivity index (χ3v) is 6.24. The second kappa shape index (κ2) is 9.23. The molecule has 0 aliphatic carbocycles. The lowest BCUT2D eigenvalue weighted by Gasteiger charge is -2.07. The van der Waals surface area contributed by atoms with Crippen LogP contribution in [-0.2, 0) is 20.1 Å². The Labute approximate surface area is 195 Å². The number of thiophene rings is 1. The molecule has 0 spiro atoms. The van der Waals surface area contributed by atoms with E-state index in [0.717, 1.165) is 21.5 Å². The molecular formula is C21H18N6O6S. The number of aromatic nitrogens is 4. The molecule has 0 unspecified atom stereocenters. The molecule has 0 aliphatic heterocycles. The summed E-state index contributed by atoms with van der Waals surface area (Å²) in [5.41, 5.74) is 0.0945. The molecule has 12 nitrogen and oxygen atoms in total. The van der Waals surface area contributed by atoms with Gasteiger partial charge in [-0.25, -0.2) is 9.78 Å². The lowest BCUT2D eigenvalue weighted by molar-refractivity contribution is -0.389. The minimum Gasteiger partial charge on any atom is -0.481 e. The number of pyridine rings is 2. The van der Waals surface area contributed by atoms with Crippen LogP contribution in [-0.4, -0.2) is 37.0 Å². The van der Waals surface area contributed by atoms with Gasteiger partial charge in [-0.1, -0.05) is 0 Å². The van der Waals surface area contributed by atoms with Crippen molar-refractivity contribution in [3.05, 3.63) is 89.7 Å². The maximum absolute atomic E-state index is 13.0. The number of ether oxygens (including phenoxy) is 1. The zero-order valence-electron chi connectivity index (χ0n) is 18.0. The van der Waals surface area contributed by atoms with Gasteiger partial charge in [0.2, 0.25) is 5.88 Å². The van der Waals surface area contributed by atoms with Gasteiger partial charge in [-0.05, 0) is 33.7 Å². The van der Waals surface area contributed by atoms with Gasteiger partial charge < -0.3 is 20.2 Å². The van der Waals surface area contributed by atoms with Crippen LogP contribution in [0, 0.1) is 10.1 Å². The number of carbonyl (C=O) groups excluding carboxylic acids is 1. The molecule has 0 bridgehead atoms. The number of hydrogen-bond donors (Lipinski definition) is 1. The fourth-order valence-electron chi connectivity index (χ4n) is 3.28. The molecule has 0 fully saturated rings. The highest BCUT2D eigenvalue weighted by atomic mass is 32.1. The number of nitrogens with one attached hydrogen (secondary N) is 1. The molecular weight excluding hydrogens is 464 g/mol. The predicted octanol–water partition coefficient (Wildman–Crippen LogP) is 1.45. The molecule has 4 rings (SSSR count). The Hall–Kier alpha value is -4.39. The van der Waals surface area contributed by atoms with Crippen LogP contribution in [0.3, 0.4) is 0 Å². The van der Waals surface area contributed by atoms with Gasteiger partial charge in [0.15, 0.2) is 0 Å². The Morgan fingerprint density at radius 3 is 2.68 bits per heavy atom. The number of carbonyl (C=O) groups is 1. The topological polar surface area (TPSA) is 151 Å². The zero-order chi connectivity index (χ0) is 24.4. The van der Waals surface area contributed by atoms with Gasteiger partial charge in [0, 0.05) is 37.5 Å². The maximum atomic E-state index is 13.0. The summed E-state index contributed by atoms with van der Waals surface area (Å²) in [7, 11) is 3.01. The van der Waals surface area contributed by atoms with Crippen LogP contribution in [0.25, 0.3) is 10.2 Å². The SMILES string of the molecule is COc1cc(CNC(=O)c2cc3c(=O)n(Cc4ccc([N+](=O)[O-])nc4)c(=O)n(C)c3s2)ccn1. The van der Waals surface area contributed by atoms with E-state index >= 15 is 0 Å². The van der Waals surface area contributed by atoms with Crippen LogP contribution < -0.4 is 21.3 Å². The Bertz CT molecular complexity index is 1520. The quantitative estimate of drug-likeness (QED) is 0.307. The smallest absolute Gasteiger partial charge is 0.363 e. The molecule has 0 radical (unpaired) electrons. The number of nitrogens with zero attached hydrogens (tertiary/aromatic N) is 5. The predicted molar refractivity (Wildman–Crippen MR) is 123 cm³/mol. The highest BCUT2D eigenvalue weighted by Crippen LogP contribution is 2.22. The number of amides is 1. The van der Waals surface area contributed by atoms with Crippen molar-refractivity contribution in [3.63, 3.8) is 0 Å². The van der Waals surface area contributed by atoms with Crippen LogP contribution in [0.4, 0.5) is 5.82 Å². The molecule has 4 aromatic heterocycles. The molecule has 0 atom stereocenters. The summed E-state index contributed by atoms with van der Waals surface area (Å²) in [5, 5.41) is 13.8. The van der Waals surface area contributed by atoms with E-state index in [0.29, 0.717) is 16.3 Å².